The molecule has 0 spiro atoms. The first-order valence-electron chi connectivity index (χ1n) is 12.4. The van der Waals surface area contributed by atoms with E-state index in [-0.39, 0.29) is 30.9 Å². The number of aromatic amines is 1. The van der Waals surface area contributed by atoms with E-state index < -0.39 is 11.7 Å². The van der Waals surface area contributed by atoms with Gasteiger partial charge >= 0.3 is 6.18 Å². The molecule has 1 amide bonds. The SMILES string of the molecule is O=C(c1cnn(CCO)c1)N1CCN(c2ccnc(-c3cnc4ccc(C(F)(F)F)cn34)n2)CC1c1cn[nH]c1. The molecule has 2 N–H and O–H groups in total. The second kappa shape index (κ2) is 10.1. The Morgan fingerprint density at radius 2 is 1.98 bits per heavy atom. The van der Waals surface area contributed by atoms with Gasteiger partial charge in [-0.25, -0.2) is 15.0 Å². The molecule has 5 aromatic heterocycles. The zero-order valence-corrected chi connectivity index (χ0v) is 20.9. The van der Waals surface area contributed by atoms with Crippen molar-refractivity contribution in [3.63, 3.8) is 0 Å². The number of carbonyl (C=O) groups excluding carboxylic acids is 1. The fourth-order valence-corrected chi connectivity index (χ4v) is 4.79. The summed E-state index contributed by atoms with van der Waals surface area (Å²) >= 11 is 0. The van der Waals surface area contributed by atoms with Crippen molar-refractivity contribution in [1.82, 2.24) is 44.2 Å². The number of aliphatic hydroxyl groups excluding tert-OH is 1. The lowest BCUT2D eigenvalue weighted by Crippen LogP contribution is -2.51. The van der Waals surface area contributed by atoms with E-state index in [4.69, 9.17) is 5.11 Å². The van der Waals surface area contributed by atoms with Crippen molar-refractivity contribution in [3.05, 3.63) is 78.3 Å². The highest BCUT2D eigenvalue weighted by Gasteiger charge is 2.34. The zero-order chi connectivity index (χ0) is 27.9. The van der Waals surface area contributed by atoms with E-state index in [1.807, 2.05) is 4.90 Å². The topological polar surface area (TPSA) is 133 Å². The van der Waals surface area contributed by atoms with Crippen LogP contribution in [0.2, 0.25) is 0 Å². The fourth-order valence-electron chi connectivity index (χ4n) is 4.79. The van der Waals surface area contributed by atoms with Crippen molar-refractivity contribution >= 4 is 17.4 Å². The van der Waals surface area contributed by atoms with E-state index in [9.17, 15) is 18.0 Å². The number of hydrogen-bond donors (Lipinski definition) is 2. The molecule has 0 aromatic carbocycles. The van der Waals surface area contributed by atoms with E-state index in [0.717, 1.165) is 17.8 Å². The van der Waals surface area contributed by atoms with E-state index in [1.54, 1.807) is 35.8 Å². The number of aromatic nitrogens is 8. The van der Waals surface area contributed by atoms with E-state index in [1.165, 1.54) is 27.5 Å². The molecule has 0 aliphatic carbocycles. The smallest absolute Gasteiger partial charge is 0.394 e. The van der Waals surface area contributed by atoms with E-state index >= 15 is 0 Å². The van der Waals surface area contributed by atoms with Gasteiger partial charge in [0.25, 0.3) is 5.91 Å². The standard InChI is InChI=1S/C25H23F3N10O2/c26-25(27,28)18-1-2-21-30-12-19(38(21)14-18)23-29-4-3-22(34-23)35-5-6-37(20(15-35)16-9-31-32-10-16)24(40)17-11-33-36(13-17)7-8-39/h1-4,9-14,20,39H,5-8,15H2,(H,31,32). The summed E-state index contributed by atoms with van der Waals surface area (Å²) in [6.45, 7) is 1.39. The molecule has 1 atom stereocenters. The van der Waals surface area contributed by atoms with Gasteiger partial charge in [-0.15, -0.1) is 0 Å². The number of imidazole rings is 1. The lowest BCUT2D eigenvalue weighted by Gasteiger charge is -2.41. The molecule has 0 saturated carbocycles. The summed E-state index contributed by atoms with van der Waals surface area (Å²) in [5, 5.41) is 20.2. The van der Waals surface area contributed by atoms with Gasteiger partial charge in [-0.2, -0.15) is 23.4 Å². The van der Waals surface area contributed by atoms with Crippen molar-refractivity contribution in [3.8, 4) is 11.5 Å². The van der Waals surface area contributed by atoms with Gasteiger partial charge in [-0.1, -0.05) is 0 Å². The molecule has 1 saturated heterocycles. The largest absolute Gasteiger partial charge is 0.417 e. The molecule has 5 aromatic rings. The fraction of sp³-hybridized carbons (Fsp3) is 0.280. The van der Waals surface area contributed by atoms with Gasteiger partial charge in [0.2, 0.25) is 0 Å². The van der Waals surface area contributed by atoms with Crippen LogP contribution in [0.25, 0.3) is 17.2 Å². The number of amides is 1. The van der Waals surface area contributed by atoms with Crippen LogP contribution < -0.4 is 4.90 Å². The minimum absolute atomic E-state index is 0.0921. The number of anilines is 1. The third kappa shape index (κ3) is 4.75. The van der Waals surface area contributed by atoms with Crippen LogP contribution in [0.3, 0.4) is 0 Å². The maximum absolute atomic E-state index is 13.4. The predicted octanol–water partition coefficient (Wildman–Crippen LogP) is 2.43. The minimum atomic E-state index is -4.50. The van der Waals surface area contributed by atoms with Gasteiger partial charge in [0.05, 0.1) is 48.9 Å². The Hall–Kier alpha value is -4.79. The molecular formula is C25H23F3N10O2. The van der Waals surface area contributed by atoms with Gasteiger partial charge in [0.15, 0.2) is 5.82 Å². The summed E-state index contributed by atoms with van der Waals surface area (Å²) in [6.07, 6.45) is 5.94. The van der Waals surface area contributed by atoms with Gasteiger partial charge in [-0.05, 0) is 18.2 Å². The Morgan fingerprint density at radius 3 is 2.75 bits per heavy atom. The Balaban J connectivity index is 1.29. The van der Waals surface area contributed by atoms with Crippen LogP contribution >= 0.6 is 0 Å². The molecule has 0 bridgehead atoms. The molecule has 1 aliphatic rings. The van der Waals surface area contributed by atoms with Crippen LogP contribution in [0.4, 0.5) is 19.0 Å². The average molecular weight is 553 g/mol. The second-order valence-electron chi connectivity index (χ2n) is 9.23. The molecule has 15 heteroatoms. The summed E-state index contributed by atoms with van der Waals surface area (Å²) in [6, 6.07) is 3.63. The molecule has 1 fully saturated rings. The molecule has 6 rings (SSSR count). The number of alkyl halides is 3. The highest BCUT2D eigenvalue weighted by molar-refractivity contribution is 5.94. The highest BCUT2D eigenvalue weighted by atomic mass is 19.4. The normalized spacial score (nSPS) is 16.1. The molecule has 206 valence electrons. The van der Waals surface area contributed by atoms with Crippen LogP contribution in [0.15, 0.2) is 61.6 Å². The summed E-state index contributed by atoms with van der Waals surface area (Å²) in [4.78, 5) is 30.3. The van der Waals surface area contributed by atoms with Gasteiger partial charge in [0.1, 0.15) is 17.2 Å². The van der Waals surface area contributed by atoms with Crippen LogP contribution in [0, 0.1) is 0 Å². The molecule has 0 radical (unpaired) electrons. The Bertz CT molecular complexity index is 1650. The maximum Gasteiger partial charge on any atom is 0.417 e. The summed E-state index contributed by atoms with van der Waals surface area (Å²) < 4.78 is 42.8. The first kappa shape index (κ1) is 25.5. The molecule has 1 aliphatic heterocycles. The number of H-pyrrole nitrogens is 1. The number of hydrogen-bond acceptors (Lipinski definition) is 8. The van der Waals surface area contributed by atoms with Crippen LogP contribution in [-0.4, -0.2) is 81.5 Å². The van der Waals surface area contributed by atoms with Crippen LogP contribution in [0.1, 0.15) is 27.5 Å². The quantitative estimate of drug-likeness (QED) is 0.328. The van der Waals surface area contributed by atoms with Crippen molar-refractivity contribution in [2.75, 3.05) is 31.1 Å². The lowest BCUT2D eigenvalue weighted by atomic mass is 10.0. The van der Waals surface area contributed by atoms with Gasteiger partial charge < -0.3 is 14.9 Å². The van der Waals surface area contributed by atoms with E-state index in [2.05, 4.69) is 30.2 Å². The number of nitrogens with one attached hydrogen (secondary N) is 1. The van der Waals surface area contributed by atoms with E-state index in [0.29, 0.717) is 42.4 Å². The van der Waals surface area contributed by atoms with Crippen molar-refractivity contribution in [1.29, 1.82) is 0 Å². The maximum atomic E-state index is 13.4. The Morgan fingerprint density at radius 1 is 1.10 bits per heavy atom. The van der Waals surface area contributed by atoms with Crippen molar-refractivity contribution < 1.29 is 23.1 Å². The monoisotopic (exact) mass is 552 g/mol. The third-order valence-electron chi connectivity index (χ3n) is 6.78. The highest BCUT2D eigenvalue weighted by Crippen LogP contribution is 2.32. The number of aliphatic hydroxyl groups is 1. The number of halogens is 3. The Labute approximate surface area is 224 Å². The number of piperazine rings is 1. The minimum Gasteiger partial charge on any atom is -0.394 e. The zero-order valence-electron chi connectivity index (χ0n) is 20.9. The molecule has 40 heavy (non-hydrogen) atoms. The van der Waals surface area contributed by atoms with Gasteiger partial charge in [-0.3, -0.25) is 19.0 Å². The predicted molar refractivity (Wildman–Crippen MR) is 135 cm³/mol. The third-order valence-corrected chi connectivity index (χ3v) is 6.78. The molecule has 12 nitrogen and oxygen atoms in total. The number of rotatable bonds is 6. The molecule has 1 unspecified atom stereocenters. The van der Waals surface area contributed by atoms with Crippen LogP contribution in [0.5, 0.6) is 0 Å². The molecular weight excluding hydrogens is 529 g/mol. The van der Waals surface area contributed by atoms with Crippen LogP contribution in [-0.2, 0) is 12.7 Å². The summed E-state index contributed by atoms with van der Waals surface area (Å²) in [5.74, 6) is 0.576. The summed E-state index contributed by atoms with van der Waals surface area (Å²) in [7, 11) is 0. The summed E-state index contributed by atoms with van der Waals surface area (Å²) in [5.41, 5.74) is 1.07. The number of nitrogens with zero attached hydrogens (tertiary/aromatic N) is 9. The average Bonchev–Trinajstić information content (AvgIpc) is 3.73. The second-order valence-corrected chi connectivity index (χ2v) is 9.23. The number of fused-ring (bicyclic) bond motifs is 1. The Kier molecular flexibility index (Phi) is 6.42. The molecule has 6 heterocycles. The number of pyridine rings is 1. The first-order chi connectivity index (χ1) is 19.3. The lowest BCUT2D eigenvalue weighted by molar-refractivity contribution is -0.137. The number of carbonyl (C=O) groups is 1. The van der Waals surface area contributed by atoms with Crippen molar-refractivity contribution in [2.45, 2.75) is 18.8 Å². The van der Waals surface area contributed by atoms with Crippen molar-refractivity contribution in [2.24, 2.45) is 0 Å². The van der Waals surface area contributed by atoms with Gasteiger partial charge in [0, 0.05) is 50.0 Å². The first-order valence-corrected chi connectivity index (χ1v) is 12.4.